The van der Waals surface area contributed by atoms with Crippen LogP contribution in [0.25, 0.3) is 22.0 Å². The SMILES string of the molecule is CCOC(=O)c1cn(CC)c2c(F)c(-c3cccnc3)c(F)cc2c1=O. The lowest BCUT2D eigenvalue weighted by molar-refractivity contribution is 0.0524. The van der Waals surface area contributed by atoms with Crippen LogP contribution in [0.5, 0.6) is 0 Å². The van der Waals surface area contributed by atoms with Crippen molar-refractivity contribution in [1.29, 1.82) is 0 Å². The number of halogens is 2. The molecule has 26 heavy (non-hydrogen) atoms. The van der Waals surface area contributed by atoms with Crippen LogP contribution in [-0.2, 0) is 11.3 Å². The smallest absolute Gasteiger partial charge is 0.343 e. The van der Waals surface area contributed by atoms with E-state index in [9.17, 15) is 14.0 Å². The highest BCUT2D eigenvalue weighted by atomic mass is 19.1. The number of hydrogen-bond acceptors (Lipinski definition) is 4. The maximum atomic E-state index is 15.2. The van der Waals surface area contributed by atoms with Crippen LogP contribution in [0.1, 0.15) is 24.2 Å². The van der Waals surface area contributed by atoms with Crippen molar-refractivity contribution in [3.05, 3.63) is 64.2 Å². The molecule has 0 saturated heterocycles. The van der Waals surface area contributed by atoms with Crippen molar-refractivity contribution < 1.29 is 18.3 Å². The first-order valence-corrected chi connectivity index (χ1v) is 8.12. The summed E-state index contributed by atoms with van der Waals surface area (Å²) in [6.07, 6.45) is 4.08. The van der Waals surface area contributed by atoms with E-state index >= 15 is 4.39 Å². The third-order valence-electron chi connectivity index (χ3n) is 4.04. The summed E-state index contributed by atoms with van der Waals surface area (Å²) in [6.45, 7) is 3.70. The first-order valence-electron chi connectivity index (χ1n) is 8.12. The quantitative estimate of drug-likeness (QED) is 0.670. The van der Waals surface area contributed by atoms with Gasteiger partial charge in [0.1, 0.15) is 11.4 Å². The number of aromatic nitrogens is 2. The Kier molecular flexibility index (Phi) is 4.79. The second-order valence-electron chi connectivity index (χ2n) is 5.56. The topological polar surface area (TPSA) is 61.2 Å². The summed E-state index contributed by atoms with van der Waals surface area (Å²) in [4.78, 5) is 28.5. The molecule has 2 heterocycles. The van der Waals surface area contributed by atoms with Gasteiger partial charge in [-0.1, -0.05) is 6.07 Å². The van der Waals surface area contributed by atoms with Gasteiger partial charge in [-0.2, -0.15) is 0 Å². The molecule has 7 heteroatoms. The van der Waals surface area contributed by atoms with Gasteiger partial charge in [0, 0.05) is 30.7 Å². The number of fused-ring (bicyclic) bond motifs is 1. The van der Waals surface area contributed by atoms with Crippen molar-refractivity contribution in [3.63, 3.8) is 0 Å². The van der Waals surface area contributed by atoms with E-state index in [1.54, 1.807) is 19.9 Å². The summed E-state index contributed by atoms with van der Waals surface area (Å²) >= 11 is 0. The minimum Gasteiger partial charge on any atom is -0.462 e. The molecule has 0 aliphatic heterocycles. The molecule has 0 saturated carbocycles. The van der Waals surface area contributed by atoms with E-state index < -0.39 is 23.0 Å². The highest BCUT2D eigenvalue weighted by Crippen LogP contribution is 2.30. The van der Waals surface area contributed by atoms with Gasteiger partial charge < -0.3 is 9.30 Å². The minimum absolute atomic E-state index is 0.0641. The fourth-order valence-corrected chi connectivity index (χ4v) is 2.87. The van der Waals surface area contributed by atoms with Crippen LogP contribution in [0.15, 0.2) is 41.6 Å². The van der Waals surface area contributed by atoms with Crippen LogP contribution in [0.2, 0.25) is 0 Å². The van der Waals surface area contributed by atoms with Crippen molar-refractivity contribution in [2.24, 2.45) is 0 Å². The number of benzene rings is 1. The van der Waals surface area contributed by atoms with Gasteiger partial charge in [0.15, 0.2) is 5.82 Å². The van der Waals surface area contributed by atoms with Gasteiger partial charge >= 0.3 is 5.97 Å². The Balaban J connectivity index is 2.38. The Hall–Kier alpha value is -3.09. The van der Waals surface area contributed by atoms with Gasteiger partial charge in [0.2, 0.25) is 5.43 Å². The van der Waals surface area contributed by atoms with Crippen LogP contribution in [0.4, 0.5) is 8.78 Å². The maximum absolute atomic E-state index is 15.2. The maximum Gasteiger partial charge on any atom is 0.343 e. The predicted molar refractivity (Wildman–Crippen MR) is 93.0 cm³/mol. The van der Waals surface area contributed by atoms with Crippen molar-refractivity contribution in [1.82, 2.24) is 9.55 Å². The molecule has 0 fully saturated rings. The van der Waals surface area contributed by atoms with Gasteiger partial charge in [0.05, 0.1) is 23.1 Å². The molecule has 3 aromatic rings. The van der Waals surface area contributed by atoms with Crippen LogP contribution < -0.4 is 5.43 Å². The first kappa shape index (κ1) is 17.7. The number of nitrogens with zero attached hydrogens (tertiary/aromatic N) is 2. The lowest BCUT2D eigenvalue weighted by atomic mass is 10.0. The molecule has 134 valence electrons. The molecule has 2 aromatic heterocycles. The lowest BCUT2D eigenvalue weighted by Gasteiger charge is -2.15. The zero-order chi connectivity index (χ0) is 18.8. The summed E-state index contributed by atoms with van der Waals surface area (Å²) in [5, 5.41) is -0.208. The normalized spacial score (nSPS) is 10.9. The van der Waals surface area contributed by atoms with Crippen molar-refractivity contribution in [3.8, 4) is 11.1 Å². The van der Waals surface area contributed by atoms with E-state index in [1.807, 2.05) is 0 Å². The number of carbonyl (C=O) groups is 1. The van der Waals surface area contributed by atoms with E-state index in [1.165, 1.54) is 29.2 Å². The molecule has 0 aliphatic rings. The van der Waals surface area contributed by atoms with E-state index in [-0.39, 0.29) is 40.7 Å². The molecule has 0 N–H and O–H groups in total. The second kappa shape index (κ2) is 7.03. The number of pyridine rings is 2. The number of ether oxygens (including phenoxy) is 1. The summed E-state index contributed by atoms with van der Waals surface area (Å²) < 4.78 is 36.1. The van der Waals surface area contributed by atoms with E-state index in [0.29, 0.717) is 0 Å². The Morgan fingerprint density at radius 2 is 2.08 bits per heavy atom. The molecule has 3 rings (SSSR count). The molecule has 0 radical (unpaired) electrons. The number of esters is 1. The average Bonchev–Trinajstić information content (AvgIpc) is 2.63. The van der Waals surface area contributed by atoms with Crippen LogP contribution in [-0.4, -0.2) is 22.1 Å². The second-order valence-corrected chi connectivity index (χ2v) is 5.56. The molecule has 1 aromatic carbocycles. The highest BCUT2D eigenvalue weighted by molar-refractivity contribution is 5.95. The predicted octanol–water partition coefficient (Wildman–Crippen LogP) is 3.54. The highest BCUT2D eigenvalue weighted by Gasteiger charge is 2.23. The Morgan fingerprint density at radius 3 is 2.69 bits per heavy atom. The molecular weight excluding hydrogens is 342 g/mol. The van der Waals surface area contributed by atoms with Crippen molar-refractivity contribution >= 4 is 16.9 Å². The lowest BCUT2D eigenvalue weighted by Crippen LogP contribution is -2.21. The molecule has 0 atom stereocenters. The minimum atomic E-state index is -0.899. The average molecular weight is 358 g/mol. The molecule has 0 aliphatic carbocycles. The molecular formula is C19H16F2N2O3. The number of carbonyl (C=O) groups excluding carboxylic acids is 1. The van der Waals surface area contributed by atoms with Gasteiger partial charge in [-0.05, 0) is 26.0 Å². The fourth-order valence-electron chi connectivity index (χ4n) is 2.87. The van der Waals surface area contributed by atoms with Crippen LogP contribution >= 0.6 is 0 Å². The first-order chi connectivity index (χ1) is 12.5. The number of rotatable bonds is 4. The Morgan fingerprint density at radius 1 is 1.31 bits per heavy atom. The third kappa shape index (κ3) is 2.85. The van der Waals surface area contributed by atoms with Gasteiger partial charge in [0.25, 0.3) is 0 Å². The standard InChI is InChI=1S/C19H16F2N2O3/c1-3-23-10-13(19(25)26-4-2)18(24)12-8-14(20)15(16(21)17(12)23)11-6-5-7-22-9-11/h5-10H,3-4H2,1-2H3. The number of hydrogen-bond donors (Lipinski definition) is 0. The molecule has 0 spiro atoms. The molecule has 0 amide bonds. The Bertz CT molecular complexity index is 1050. The van der Waals surface area contributed by atoms with E-state index in [4.69, 9.17) is 4.74 Å². The molecule has 5 nitrogen and oxygen atoms in total. The summed E-state index contributed by atoms with van der Waals surface area (Å²) in [6, 6.07) is 4.05. The third-order valence-corrected chi connectivity index (χ3v) is 4.04. The fraction of sp³-hybridized carbons (Fsp3) is 0.211. The van der Waals surface area contributed by atoms with Gasteiger partial charge in [-0.15, -0.1) is 0 Å². The molecule has 0 bridgehead atoms. The largest absolute Gasteiger partial charge is 0.462 e. The van der Waals surface area contributed by atoms with Crippen molar-refractivity contribution in [2.75, 3.05) is 6.61 Å². The summed E-state index contributed by atoms with van der Waals surface area (Å²) in [5.41, 5.74) is -1.09. The van der Waals surface area contributed by atoms with Crippen molar-refractivity contribution in [2.45, 2.75) is 20.4 Å². The number of aryl methyl sites for hydroxylation is 1. The van der Waals surface area contributed by atoms with E-state index in [0.717, 1.165) is 6.07 Å². The summed E-state index contributed by atoms with van der Waals surface area (Å²) in [7, 11) is 0. The van der Waals surface area contributed by atoms with Gasteiger partial charge in [-0.3, -0.25) is 9.78 Å². The summed E-state index contributed by atoms with van der Waals surface area (Å²) in [5.74, 6) is -2.59. The zero-order valence-electron chi connectivity index (χ0n) is 14.3. The van der Waals surface area contributed by atoms with Crippen LogP contribution in [0, 0.1) is 11.6 Å². The van der Waals surface area contributed by atoms with E-state index in [2.05, 4.69) is 4.98 Å². The van der Waals surface area contributed by atoms with Crippen LogP contribution in [0.3, 0.4) is 0 Å². The monoisotopic (exact) mass is 358 g/mol. The molecule has 0 unspecified atom stereocenters. The zero-order valence-corrected chi connectivity index (χ0v) is 14.3. The van der Waals surface area contributed by atoms with Gasteiger partial charge in [-0.25, -0.2) is 13.6 Å². The Labute approximate surface area is 147 Å².